The minimum atomic E-state index is -0.0898. The SMILES string of the molecule is Cc1ccc2c(C3(N)CCCC3)c[nH]c2c1. The van der Waals surface area contributed by atoms with Gasteiger partial charge in [-0.05, 0) is 37.0 Å². The molecule has 2 heteroatoms. The van der Waals surface area contributed by atoms with Crippen molar-refractivity contribution in [1.82, 2.24) is 4.98 Å². The van der Waals surface area contributed by atoms with Gasteiger partial charge in [0, 0.05) is 22.6 Å². The molecule has 0 spiro atoms. The zero-order valence-electron chi connectivity index (χ0n) is 9.72. The Hall–Kier alpha value is -1.28. The number of rotatable bonds is 1. The number of aromatic amines is 1. The molecule has 0 radical (unpaired) electrons. The first kappa shape index (κ1) is 9.91. The van der Waals surface area contributed by atoms with E-state index < -0.39 is 0 Å². The summed E-state index contributed by atoms with van der Waals surface area (Å²) in [5.41, 5.74) is 10.2. The summed E-state index contributed by atoms with van der Waals surface area (Å²) in [5.74, 6) is 0. The van der Waals surface area contributed by atoms with Crippen LogP contribution in [-0.2, 0) is 5.54 Å². The molecule has 0 bridgehead atoms. The quantitative estimate of drug-likeness (QED) is 0.752. The third-order valence-electron chi connectivity index (χ3n) is 3.87. The first-order chi connectivity index (χ1) is 7.69. The molecule has 1 saturated carbocycles. The molecule has 0 aliphatic heterocycles. The van der Waals surface area contributed by atoms with Crippen LogP contribution in [0.25, 0.3) is 10.9 Å². The van der Waals surface area contributed by atoms with E-state index in [0.29, 0.717) is 0 Å². The Kier molecular flexibility index (Phi) is 2.08. The number of benzene rings is 1. The van der Waals surface area contributed by atoms with Gasteiger partial charge in [-0.1, -0.05) is 25.0 Å². The van der Waals surface area contributed by atoms with Gasteiger partial charge in [0.15, 0.2) is 0 Å². The third kappa shape index (κ3) is 1.37. The van der Waals surface area contributed by atoms with E-state index in [1.54, 1.807) is 0 Å². The van der Waals surface area contributed by atoms with Gasteiger partial charge in [-0.15, -0.1) is 0 Å². The molecule has 0 unspecified atom stereocenters. The maximum Gasteiger partial charge on any atom is 0.0460 e. The Morgan fingerprint density at radius 2 is 2.00 bits per heavy atom. The van der Waals surface area contributed by atoms with Gasteiger partial charge in [-0.25, -0.2) is 0 Å². The Morgan fingerprint density at radius 3 is 2.75 bits per heavy atom. The van der Waals surface area contributed by atoms with Gasteiger partial charge in [0.2, 0.25) is 0 Å². The number of aryl methyl sites for hydroxylation is 1. The molecule has 0 saturated heterocycles. The van der Waals surface area contributed by atoms with Gasteiger partial charge in [-0.2, -0.15) is 0 Å². The maximum absolute atomic E-state index is 6.51. The van der Waals surface area contributed by atoms with E-state index in [9.17, 15) is 0 Å². The molecule has 84 valence electrons. The van der Waals surface area contributed by atoms with Crippen molar-refractivity contribution >= 4 is 10.9 Å². The number of hydrogen-bond donors (Lipinski definition) is 2. The summed E-state index contributed by atoms with van der Waals surface area (Å²) in [4.78, 5) is 3.35. The van der Waals surface area contributed by atoms with Gasteiger partial charge in [0.1, 0.15) is 0 Å². The molecule has 1 aliphatic carbocycles. The summed E-state index contributed by atoms with van der Waals surface area (Å²) in [6, 6.07) is 6.55. The molecule has 16 heavy (non-hydrogen) atoms. The highest BCUT2D eigenvalue weighted by Crippen LogP contribution is 2.39. The number of H-pyrrole nitrogens is 1. The van der Waals surface area contributed by atoms with Gasteiger partial charge >= 0.3 is 0 Å². The number of fused-ring (bicyclic) bond motifs is 1. The van der Waals surface area contributed by atoms with Crippen LogP contribution < -0.4 is 5.73 Å². The van der Waals surface area contributed by atoms with Crippen LogP contribution in [0.15, 0.2) is 24.4 Å². The Labute approximate surface area is 95.8 Å². The van der Waals surface area contributed by atoms with Crippen molar-refractivity contribution in [2.24, 2.45) is 5.73 Å². The first-order valence-corrected chi connectivity index (χ1v) is 6.06. The van der Waals surface area contributed by atoms with Crippen LogP contribution >= 0.6 is 0 Å². The van der Waals surface area contributed by atoms with Crippen LogP contribution in [0.1, 0.15) is 36.8 Å². The average Bonchev–Trinajstić information content (AvgIpc) is 2.84. The summed E-state index contributed by atoms with van der Waals surface area (Å²) >= 11 is 0. The Morgan fingerprint density at radius 1 is 1.25 bits per heavy atom. The van der Waals surface area contributed by atoms with Gasteiger partial charge in [-0.3, -0.25) is 0 Å². The number of nitrogens with one attached hydrogen (secondary N) is 1. The summed E-state index contributed by atoms with van der Waals surface area (Å²) in [6.45, 7) is 2.12. The lowest BCUT2D eigenvalue weighted by molar-refractivity contribution is 0.466. The fraction of sp³-hybridized carbons (Fsp3) is 0.429. The normalized spacial score (nSPS) is 19.4. The molecule has 0 amide bonds. The molecule has 3 N–H and O–H groups in total. The van der Waals surface area contributed by atoms with E-state index in [-0.39, 0.29) is 5.54 Å². The summed E-state index contributed by atoms with van der Waals surface area (Å²) in [5, 5.41) is 1.30. The topological polar surface area (TPSA) is 41.8 Å². The number of nitrogens with two attached hydrogens (primary N) is 1. The molecule has 2 aromatic rings. The Bertz CT molecular complexity index is 519. The minimum Gasteiger partial charge on any atom is -0.361 e. The van der Waals surface area contributed by atoms with E-state index in [2.05, 4.69) is 36.3 Å². The van der Waals surface area contributed by atoms with Crippen LogP contribution in [0.4, 0.5) is 0 Å². The van der Waals surface area contributed by atoms with Crippen LogP contribution in [0, 0.1) is 6.92 Å². The molecule has 0 atom stereocenters. The van der Waals surface area contributed by atoms with Crippen molar-refractivity contribution < 1.29 is 0 Å². The zero-order valence-corrected chi connectivity index (χ0v) is 9.72. The van der Waals surface area contributed by atoms with Crippen LogP contribution in [0.5, 0.6) is 0 Å². The van der Waals surface area contributed by atoms with Gasteiger partial charge in [0.25, 0.3) is 0 Å². The fourth-order valence-electron chi connectivity index (χ4n) is 2.93. The van der Waals surface area contributed by atoms with Crippen molar-refractivity contribution in [3.05, 3.63) is 35.5 Å². The molecule has 3 rings (SSSR count). The van der Waals surface area contributed by atoms with Crippen molar-refractivity contribution in [2.75, 3.05) is 0 Å². The van der Waals surface area contributed by atoms with E-state index in [1.165, 1.54) is 34.9 Å². The van der Waals surface area contributed by atoms with Crippen molar-refractivity contribution in [1.29, 1.82) is 0 Å². The van der Waals surface area contributed by atoms with Gasteiger partial charge < -0.3 is 10.7 Å². The lowest BCUT2D eigenvalue weighted by Crippen LogP contribution is -2.32. The Balaban J connectivity index is 2.17. The summed E-state index contributed by atoms with van der Waals surface area (Å²) in [6.07, 6.45) is 6.86. The zero-order chi connectivity index (χ0) is 11.2. The highest BCUT2D eigenvalue weighted by molar-refractivity contribution is 5.84. The smallest absolute Gasteiger partial charge is 0.0460 e. The lowest BCUT2D eigenvalue weighted by Gasteiger charge is -2.23. The van der Waals surface area contributed by atoms with Crippen molar-refractivity contribution in [3.63, 3.8) is 0 Å². The van der Waals surface area contributed by atoms with E-state index in [4.69, 9.17) is 5.73 Å². The first-order valence-electron chi connectivity index (χ1n) is 6.06. The van der Waals surface area contributed by atoms with Crippen LogP contribution in [0.3, 0.4) is 0 Å². The summed E-state index contributed by atoms with van der Waals surface area (Å²) in [7, 11) is 0. The van der Waals surface area contributed by atoms with Crippen molar-refractivity contribution in [2.45, 2.75) is 38.1 Å². The molecule has 1 heterocycles. The van der Waals surface area contributed by atoms with E-state index in [1.807, 2.05) is 0 Å². The van der Waals surface area contributed by atoms with Crippen LogP contribution in [-0.4, -0.2) is 4.98 Å². The second-order valence-electron chi connectivity index (χ2n) is 5.11. The molecular weight excluding hydrogens is 196 g/mol. The second-order valence-corrected chi connectivity index (χ2v) is 5.11. The lowest BCUT2D eigenvalue weighted by atomic mass is 9.89. The van der Waals surface area contributed by atoms with Crippen LogP contribution in [0.2, 0.25) is 0 Å². The molecule has 2 nitrogen and oxygen atoms in total. The van der Waals surface area contributed by atoms with Gasteiger partial charge in [0.05, 0.1) is 0 Å². The average molecular weight is 214 g/mol. The minimum absolute atomic E-state index is 0.0898. The molecule has 1 fully saturated rings. The highest BCUT2D eigenvalue weighted by atomic mass is 14.8. The monoisotopic (exact) mass is 214 g/mol. The predicted molar refractivity (Wildman–Crippen MR) is 67.4 cm³/mol. The van der Waals surface area contributed by atoms with Crippen molar-refractivity contribution in [3.8, 4) is 0 Å². The fourth-order valence-corrected chi connectivity index (χ4v) is 2.93. The highest BCUT2D eigenvalue weighted by Gasteiger charge is 2.33. The van der Waals surface area contributed by atoms with E-state index >= 15 is 0 Å². The number of aromatic nitrogens is 1. The second kappa shape index (κ2) is 3.36. The standard InChI is InChI=1S/C14H18N2/c1-10-4-5-11-12(9-16-13(11)8-10)14(15)6-2-3-7-14/h4-5,8-9,16H,2-3,6-7,15H2,1H3. The molecule has 1 aromatic heterocycles. The molecule has 1 aromatic carbocycles. The number of hydrogen-bond acceptors (Lipinski definition) is 1. The molecular formula is C14H18N2. The summed E-state index contributed by atoms with van der Waals surface area (Å²) < 4.78 is 0. The third-order valence-corrected chi connectivity index (χ3v) is 3.87. The predicted octanol–water partition coefficient (Wildman–Crippen LogP) is 3.20. The molecule has 1 aliphatic rings. The maximum atomic E-state index is 6.51. The van der Waals surface area contributed by atoms with E-state index in [0.717, 1.165) is 12.8 Å². The largest absolute Gasteiger partial charge is 0.361 e.